The predicted molar refractivity (Wildman–Crippen MR) is 129 cm³/mol. The van der Waals surface area contributed by atoms with Gasteiger partial charge in [0, 0.05) is 49.5 Å². The molecule has 2 aromatic rings. The van der Waals surface area contributed by atoms with Crippen LogP contribution in [0.1, 0.15) is 31.0 Å². The van der Waals surface area contributed by atoms with Crippen molar-refractivity contribution in [2.75, 3.05) is 49.6 Å². The second-order valence-electron chi connectivity index (χ2n) is 9.63. The molecule has 3 saturated heterocycles. The maximum absolute atomic E-state index is 11.8. The normalized spacial score (nSPS) is 24.4. The largest absolute Gasteiger partial charge is 0.378 e. The highest BCUT2D eigenvalue weighted by Crippen LogP contribution is 2.35. The molecule has 34 heavy (non-hydrogen) atoms. The van der Waals surface area contributed by atoms with Gasteiger partial charge < -0.3 is 25.0 Å². The zero-order valence-corrected chi connectivity index (χ0v) is 19.6. The molecule has 0 radical (unpaired) electrons. The van der Waals surface area contributed by atoms with Gasteiger partial charge in [0.2, 0.25) is 0 Å². The zero-order valence-electron chi connectivity index (χ0n) is 19.6. The van der Waals surface area contributed by atoms with Crippen LogP contribution in [0.2, 0.25) is 0 Å². The molecule has 4 aliphatic heterocycles. The summed E-state index contributed by atoms with van der Waals surface area (Å²) in [6, 6.07) is 8.06. The van der Waals surface area contributed by atoms with Gasteiger partial charge in [-0.3, -0.25) is 4.90 Å². The average Bonchev–Trinajstić information content (AvgIpc) is 3.15. The molecule has 9 heteroatoms. The van der Waals surface area contributed by atoms with Gasteiger partial charge in [-0.25, -0.2) is 14.8 Å². The molecule has 2 amide bonds. The van der Waals surface area contributed by atoms with Gasteiger partial charge in [-0.1, -0.05) is 0 Å². The highest BCUT2D eigenvalue weighted by molar-refractivity contribution is 5.89. The van der Waals surface area contributed by atoms with Crippen molar-refractivity contribution in [1.29, 1.82) is 0 Å². The van der Waals surface area contributed by atoms with Crippen LogP contribution in [-0.4, -0.2) is 78.5 Å². The van der Waals surface area contributed by atoms with Crippen LogP contribution in [-0.2, 0) is 22.4 Å². The smallest absolute Gasteiger partial charge is 0.319 e. The summed E-state index contributed by atoms with van der Waals surface area (Å²) >= 11 is 0. The quantitative estimate of drug-likeness (QED) is 0.702. The van der Waals surface area contributed by atoms with Crippen LogP contribution < -0.4 is 15.5 Å². The molecule has 0 spiro atoms. The molecule has 2 atom stereocenters. The van der Waals surface area contributed by atoms with Gasteiger partial charge in [0.25, 0.3) is 0 Å². The summed E-state index contributed by atoms with van der Waals surface area (Å²) in [5.74, 6) is 1.82. The summed E-state index contributed by atoms with van der Waals surface area (Å²) in [7, 11) is 0. The summed E-state index contributed by atoms with van der Waals surface area (Å²) in [5.41, 5.74) is 4.11. The van der Waals surface area contributed by atoms with Crippen LogP contribution in [0.3, 0.4) is 0 Å². The second-order valence-corrected chi connectivity index (χ2v) is 9.63. The first-order valence-corrected chi connectivity index (χ1v) is 12.4. The monoisotopic (exact) mass is 464 g/mol. The highest BCUT2D eigenvalue weighted by atomic mass is 16.5. The van der Waals surface area contributed by atoms with Gasteiger partial charge in [-0.2, -0.15) is 0 Å². The maximum atomic E-state index is 11.8. The Morgan fingerprint density at radius 1 is 1.12 bits per heavy atom. The lowest BCUT2D eigenvalue weighted by atomic mass is 10.0. The van der Waals surface area contributed by atoms with Crippen LogP contribution in [0.15, 0.2) is 24.3 Å². The van der Waals surface area contributed by atoms with Crippen molar-refractivity contribution in [3.05, 3.63) is 35.5 Å². The number of amides is 2. The van der Waals surface area contributed by atoms with Crippen molar-refractivity contribution in [3.63, 3.8) is 0 Å². The number of carbonyl (C=O) groups excluding carboxylic acids is 1. The first-order chi connectivity index (χ1) is 16.7. The van der Waals surface area contributed by atoms with Crippen molar-refractivity contribution < 1.29 is 14.3 Å². The molecular formula is C25H32N6O3. The molecule has 1 aromatic carbocycles. The number of nitrogens with one attached hydrogen (secondary N) is 2. The number of benzene rings is 1. The zero-order chi connectivity index (χ0) is 23.1. The molecule has 5 heterocycles. The Labute approximate surface area is 199 Å². The van der Waals surface area contributed by atoms with E-state index in [4.69, 9.17) is 19.4 Å². The van der Waals surface area contributed by atoms with Gasteiger partial charge in [-0.15, -0.1) is 0 Å². The molecule has 2 unspecified atom stereocenters. The Balaban J connectivity index is 1.32. The molecule has 1 aromatic heterocycles. The van der Waals surface area contributed by atoms with E-state index in [2.05, 4.69) is 20.4 Å². The molecule has 180 valence electrons. The van der Waals surface area contributed by atoms with E-state index in [1.165, 1.54) is 5.56 Å². The maximum Gasteiger partial charge on any atom is 0.319 e. The van der Waals surface area contributed by atoms with E-state index in [1.54, 1.807) is 0 Å². The highest BCUT2D eigenvalue weighted by Gasteiger charge is 2.37. The minimum absolute atomic E-state index is 0.204. The van der Waals surface area contributed by atoms with E-state index >= 15 is 0 Å². The topological polar surface area (TPSA) is 91.9 Å². The fourth-order valence-corrected chi connectivity index (χ4v) is 5.39. The van der Waals surface area contributed by atoms with Gasteiger partial charge in [-0.05, 0) is 50.5 Å². The second kappa shape index (κ2) is 9.13. The molecule has 0 saturated carbocycles. The number of ether oxygens (including phenoxy) is 2. The van der Waals surface area contributed by atoms with E-state index in [9.17, 15) is 4.79 Å². The predicted octanol–water partition coefficient (Wildman–Crippen LogP) is 2.41. The SMILES string of the molecule is CCNC(=O)Nc1ccc(-c2nc3c(c(N4CC5CCC(C4)O5)n2)CCN(C2COC2)C3)cc1. The Bertz CT molecular complexity index is 1050. The van der Waals surface area contributed by atoms with Crippen molar-refractivity contribution in [1.82, 2.24) is 20.2 Å². The number of carbonyl (C=O) groups is 1. The molecule has 9 nitrogen and oxygen atoms in total. The summed E-state index contributed by atoms with van der Waals surface area (Å²) in [6.45, 7) is 7.76. The number of anilines is 2. The number of rotatable bonds is 5. The minimum Gasteiger partial charge on any atom is -0.378 e. The third-order valence-electron chi connectivity index (χ3n) is 7.29. The van der Waals surface area contributed by atoms with E-state index in [0.717, 1.165) is 87.2 Å². The number of aromatic nitrogens is 2. The van der Waals surface area contributed by atoms with Crippen LogP contribution in [0.4, 0.5) is 16.3 Å². The number of morpholine rings is 1. The molecule has 6 rings (SSSR count). The Morgan fingerprint density at radius 2 is 1.88 bits per heavy atom. The van der Waals surface area contributed by atoms with Crippen molar-refractivity contribution in [3.8, 4) is 11.4 Å². The van der Waals surface area contributed by atoms with Gasteiger partial charge in [0.1, 0.15) is 5.82 Å². The number of urea groups is 1. The Morgan fingerprint density at radius 3 is 2.56 bits per heavy atom. The lowest BCUT2D eigenvalue weighted by molar-refractivity contribution is -0.0699. The van der Waals surface area contributed by atoms with E-state index in [-0.39, 0.29) is 6.03 Å². The Hall–Kier alpha value is -2.75. The summed E-state index contributed by atoms with van der Waals surface area (Å²) in [4.78, 5) is 26.9. The van der Waals surface area contributed by atoms with Gasteiger partial charge in [0.05, 0.1) is 37.2 Å². The first-order valence-electron chi connectivity index (χ1n) is 12.4. The summed E-state index contributed by atoms with van der Waals surface area (Å²) in [6.07, 6.45) is 3.84. The molecule has 2 bridgehead atoms. The van der Waals surface area contributed by atoms with Crippen LogP contribution in [0.25, 0.3) is 11.4 Å². The minimum atomic E-state index is -0.204. The van der Waals surface area contributed by atoms with Crippen molar-refractivity contribution in [2.45, 2.75) is 51.0 Å². The van der Waals surface area contributed by atoms with Crippen LogP contribution in [0, 0.1) is 0 Å². The van der Waals surface area contributed by atoms with E-state index in [0.29, 0.717) is 24.8 Å². The van der Waals surface area contributed by atoms with Gasteiger partial charge >= 0.3 is 6.03 Å². The fourth-order valence-electron chi connectivity index (χ4n) is 5.39. The molecule has 4 aliphatic rings. The number of fused-ring (bicyclic) bond motifs is 3. The number of hydrogen-bond donors (Lipinski definition) is 2. The fraction of sp³-hybridized carbons (Fsp3) is 0.560. The van der Waals surface area contributed by atoms with Crippen molar-refractivity contribution in [2.24, 2.45) is 0 Å². The van der Waals surface area contributed by atoms with Gasteiger partial charge in [0.15, 0.2) is 5.82 Å². The molecule has 0 aliphatic carbocycles. The van der Waals surface area contributed by atoms with Crippen LogP contribution >= 0.6 is 0 Å². The lowest BCUT2D eigenvalue weighted by Gasteiger charge is -2.41. The number of nitrogens with zero attached hydrogens (tertiary/aromatic N) is 4. The Kier molecular flexibility index (Phi) is 5.84. The first kappa shape index (κ1) is 21.8. The summed E-state index contributed by atoms with van der Waals surface area (Å²) in [5, 5.41) is 5.60. The lowest BCUT2D eigenvalue weighted by Crippen LogP contribution is -2.51. The van der Waals surface area contributed by atoms with Crippen LogP contribution in [0.5, 0.6) is 0 Å². The molecular weight excluding hydrogens is 432 g/mol. The third-order valence-corrected chi connectivity index (χ3v) is 7.29. The number of hydrogen-bond acceptors (Lipinski definition) is 7. The van der Waals surface area contributed by atoms with E-state index in [1.807, 2.05) is 31.2 Å². The average molecular weight is 465 g/mol. The standard InChI is InChI=1S/C25H32N6O3/c1-2-26-25(32)27-17-5-3-16(4-6-17)23-28-22-13-30(18-14-33-15-18)10-9-21(22)24(29-23)31-11-19-7-8-20(12-31)34-19/h3-6,18-20H,2,7-15H2,1H3,(H2,26,27,32). The van der Waals surface area contributed by atoms with Crippen molar-refractivity contribution >= 4 is 17.5 Å². The van der Waals surface area contributed by atoms with E-state index < -0.39 is 0 Å². The third kappa shape index (κ3) is 4.23. The summed E-state index contributed by atoms with van der Waals surface area (Å²) < 4.78 is 11.5. The molecule has 2 N–H and O–H groups in total. The molecule has 3 fully saturated rings.